The molecule has 0 saturated carbocycles. The molecule has 0 saturated heterocycles. The van der Waals surface area contributed by atoms with Crippen molar-refractivity contribution in [1.82, 2.24) is 9.97 Å². The molecule has 0 aliphatic heterocycles. The molecule has 1 N–H and O–H groups in total. The Morgan fingerprint density at radius 2 is 2.19 bits per heavy atom. The van der Waals surface area contributed by atoms with Crippen LogP contribution in [0.5, 0.6) is 0 Å². The summed E-state index contributed by atoms with van der Waals surface area (Å²) in [7, 11) is 0. The molecule has 0 unspecified atom stereocenters. The number of imidazole rings is 1. The van der Waals surface area contributed by atoms with E-state index in [0.29, 0.717) is 25.0 Å². The number of ether oxygens (including phenoxy) is 1. The number of hydrogen-bond donors (Lipinski definition) is 1. The number of carbonyl (C=O) groups excluding carboxylic acids is 1. The van der Waals surface area contributed by atoms with E-state index in [2.05, 4.69) is 9.97 Å². The maximum absolute atomic E-state index is 12.1. The van der Waals surface area contributed by atoms with E-state index < -0.39 is 5.92 Å². The third-order valence-electron chi connectivity index (χ3n) is 3.08. The van der Waals surface area contributed by atoms with Gasteiger partial charge in [0.1, 0.15) is 5.82 Å². The van der Waals surface area contributed by atoms with Crippen molar-refractivity contribution >= 4 is 16.8 Å². The number of hydrogen-bond acceptors (Lipinski definition) is 4. The second-order valence-corrected chi connectivity index (χ2v) is 5.39. The van der Waals surface area contributed by atoms with E-state index in [0.717, 1.165) is 11.0 Å². The summed E-state index contributed by atoms with van der Waals surface area (Å²) in [6.07, 6.45) is 0.224. The van der Waals surface area contributed by atoms with Crippen LogP contribution in [-0.4, -0.2) is 29.0 Å². The molecule has 1 atom stereocenters. The normalized spacial score (nSPS) is 12.5. The highest BCUT2D eigenvalue weighted by molar-refractivity contribution is 5.88. The molecule has 110 valence electrons. The lowest BCUT2D eigenvalue weighted by atomic mass is 10.0. The molecule has 0 amide bonds. The first-order valence-electron chi connectivity index (χ1n) is 7.06. The monoisotopic (exact) mass is 285 g/mol. The fourth-order valence-corrected chi connectivity index (χ4v) is 2.03. The summed E-state index contributed by atoms with van der Waals surface area (Å²) in [5, 5.41) is 9.25. The highest BCUT2D eigenvalue weighted by atomic mass is 16.5. The van der Waals surface area contributed by atoms with Crippen LogP contribution in [0.15, 0.2) is 24.3 Å². The Labute approximate surface area is 123 Å². The van der Waals surface area contributed by atoms with Gasteiger partial charge in [0.2, 0.25) is 0 Å². The van der Waals surface area contributed by atoms with E-state index in [1.54, 1.807) is 0 Å². The second kappa shape index (κ2) is 7.00. The van der Waals surface area contributed by atoms with Gasteiger partial charge in [-0.05, 0) is 18.1 Å². The zero-order valence-electron chi connectivity index (χ0n) is 12.3. The van der Waals surface area contributed by atoms with Gasteiger partial charge >= 0.3 is 0 Å². The van der Waals surface area contributed by atoms with Crippen LogP contribution in [0.4, 0.5) is 0 Å². The predicted molar refractivity (Wildman–Crippen MR) is 79.7 cm³/mol. The van der Waals surface area contributed by atoms with E-state index in [1.165, 1.54) is 0 Å². The van der Waals surface area contributed by atoms with Gasteiger partial charge in [-0.3, -0.25) is 4.79 Å². The number of fused-ring (bicyclic) bond motifs is 1. The van der Waals surface area contributed by atoms with Crippen LogP contribution in [0.1, 0.15) is 32.0 Å². The molecule has 0 fully saturated rings. The largest absolute Gasteiger partial charge is 0.381 e. The number of nitrogens with zero attached hydrogens (tertiary/aromatic N) is 2. The molecule has 0 radical (unpaired) electrons. The minimum absolute atomic E-state index is 0.166. The first-order chi connectivity index (χ1) is 10.1. The van der Waals surface area contributed by atoms with Gasteiger partial charge < -0.3 is 9.72 Å². The molecule has 0 aliphatic carbocycles. The summed E-state index contributed by atoms with van der Waals surface area (Å²) in [5.41, 5.74) is 1.59. The van der Waals surface area contributed by atoms with Gasteiger partial charge in [-0.1, -0.05) is 26.0 Å². The lowest BCUT2D eigenvalue weighted by Crippen LogP contribution is -2.15. The highest BCUT2D eigenvalue weighted by Gasteiger charge is 2.23. The van der Waals surface area contributed by atoms with E-state index >= 15 is 0 Å². The van der Waals surface area contributed by atoms with Crippen LogP contribution >= 0.6 is 0 Å². The SMILES string of the molecule is CC(C)COCCC(=O)[C@@H](C#N)c1nc2ccccc2[nH]1. The Balaban J connectivity index is 2.02. The number of aromatic amines is 1. The highest BCUT2D eigenvalue weighted by Crippen LogP contribution is 2.19. The lowest BCUT2D eigenvalue weighted by molar-refractivity contribution is -0.120. The third-order valence-corrected chi connectivity index (χ3v) is 3.08. The molecule has 2 rings (SSSR count). The number of ketones is 1. The summed E-state index contributed by atoms with van der Waals surface area (Å²) in [5.74, 6) is -0.185. The zero-order valence-corrected chi connectivity index (χ0v) is 12.3. The van der Waals surface area contributed by atoms with Crippen molar-refractivity contribution in [3.05, 3.63) is 30.1 Å². The molecule has 5 heteroatoms. The molecule has 0 spiro atoms. The van der Waals surface area contributed by atoms with Crippen LogP contribution in [0.3, 0.4) is 0 Å². The summed E-state index contributed by atoms with van der Waals surface area (Å²) in [4.78, 5) is 19.5. The number of aromatic nitrogens is 2. The van der Waals surface area contributed by atoms with Crippen LogP contribution in [0, 0.1) is 17.2 Å². The number of carbonyl (C=O) groups is 1. The summed E-state index contributed by atoms with van der Waals surface area (Å²) in [6, 6.07) is 9.50. The summed E-state index contributed by atoms with van der Waals surface area (Å²) >= 11 is 0. The van der Waals surface area contributed by atoms with E-state index in [9.17, 15) is 10.1 Å². The standard InChI is InChI=1S/C16H19N3O2/c1-11(2)10-21-8-7-15(20)12(9-17)16-18-13-5-3-4-6-14(13)19-16/h3-6,11-12H,7-8,10H2,1-2H3,(H,18,19)/t12-/m1/s1. The Bertz CT molecular complexity index is 622. The number of nitrogens with one attached hydrogen (secondary N) is 1. The topological polar surface area (TPSA) is 78.8 Å². The number of rotatable bonds is 7. The summed E-state index contributed by atoms with van der Waals surface area (Å²) < 4.78 is 5.39. The molecule has 0 aliphatic rings. The fourth-order valence-electron chi connectivity index (χ4n) is 2.03. The van der Waals surface area contributed by atoms with Crippen LogP contribution < -0.4 is 0 Å². The van der Waals surface area contributed by atoms with Crippen molar-refractivity contribution in [2.45, 2.75) is 26.2 Å². The first kappa shape index (κ1) is 15.2. The van der Waals surface area contributed by atoms with Crippen molar-refractivity contribution < 1.29 is 9.53 Å². The molecule has 2 aromatic rings. The van der Waals surface area contributed by atoms with Crippen molar-refractivity contribution in [1.29, 1.82) is 5.26 Å². The number of benzene rings is 1. The van der Waals surface area contributed by atoms with Crippen LogP contribution in [0.2, 0.25) is 0 Å². The van der Waals surface area contributed by atoms with Crippen molar-refractivity contribution in [3.8, 4) is 6.07 Å². The molecule has 1 aromatic heterocycles. The van der Waals surface area contributed by atoms with E-state index in [-0.39, 0.29) is 12.2 Å². The third kappa shape index (κ3) is 3.89. The number of H-pyrrole nitrogens is 1. The molecule has 1 heterocycles. The van der Waals surface area contributed by atoms with Gasteiger partial charge in [0.15, 0.2) is 11.7 Å². The van der Waals surface area contributed by atoms with Crippen molar-refractivity contribution in [2.24, 2.45) is 5.92 Å². The second-order valence-electron chi connectivity index (χ2n) is 5.39. The Morgan fingerprint density at radius 3 is 2.86 bits per heavy atom. The lowest BCUT2D eigenvalue weighted by Gasteiger charge is -2.08. The quantitative estimate of drug-likeness (QED) is 0.793. The van der Waals surface area contributed by atoms with Crippen molar-refractivity contribution in [3.63, 3.8) is 0 Å². The smallest absolute Gasteiger partial charge is 0.162 e. The van der Waals surface area contributed by atoms with Crippen molar-refractivity contribution in [2.75, 3.05) is 13.2 Å². The number of para-hydroxylation sites is 2. The minimum Gasteiger partial charge on any atom is -0.381 e. The number of Topliss-reactive ketones (excluding diaryl/α,β-unsaturated/α-hetero) is 1. The van der Waals surface area contributed by atoms with Gasteiger partial charge in [-0.2, -0.15) is 5.26 Å². The number of nitriles is 1. The molecular formula is C16H19N3O2. The maximum atomic E-state index is 12.1. The van der Waals surface area contributed by atoms with Gasteiger partial charge in [-0.15, -0.1) is 0 Å². The van der Waals surface area contributed by atoms with Gasteiger partial charge in [-0.25, -0.2) is 4.98 Å². The van der Waals surface area contributed by atoms with Gasteiger partial charge in [0, 0.05) is 13.0 Å². The Kier molecular flexibility index (Phi) is 5.07. The molecule has 0 bridgehead atoms. The average molecular weight is 285 g/mol. The predicted octanol–water partition coefficient (Wildman–Crippen LogP) is 2.80. The summed E-state index contributed by atoms with van der Waals surface area (Å²) in [6.45, 7) is 5.06. The Hall–Kier alpha value is -2.19. The van der Waals surface area contributed by atoms with Gasteiger partial charge in [0.25, 0.3) is 0 Å². The zero-order chi connectivity index (χ0) is 15.2. The fraction of sp³-hybridized carbons (Fsp3) is 0.438. The molecular weight excluding hydrogens is 266 g/mol. The molecule has 21 heavy (non-hydrogen) atoms. The van der Waals surface area contributed by atoms with E-state index in [4.69, 9.17) is 4.74 Å². The van der Waals surface area contributed by atoms with E-state index in [1.807, 2.05) is 44.2 Å². The first-order valence-corrected chi connectivity index (χ1v) is 7.06. The van der Waals surface area contributed by atoms with Crippen LogP contribution in [-0.2, 0) is 9.53 Å². The van der Waals surface area contributed by atoms with Crippen LogP contribution in [0.25, 0.3) is 11.0 Å². The molecule has 5 nitrogen and oxygen atoms in total. The Morgan fingerprint density at radius 1 is 1.43 bits per heavy atom. The minimum atomic E-state index is -0.861. The molecule has 1 aromatic carbocycles. The average Bonchev–Trinajstić information content (AvgIpc) is 2.87. The van der Waals surface area contributed by atoms with Gasteiger partial charge in [0.05, 0.1) is 23.7 Å². The maximum Gasteiger partial charge on any atom is 0.162 e.